The highest BCUT2D eigenvalue weighted by atomic mass is 19.1. The van der Waals surface area contributed by atoms with Gasteiger partial charge in [0.1, 0.15) is 11.4 Å². The van der Waals surface area contributed by atoms with E-state index in [9.17, 15) is 9.18 Å². The lowest BCUT2D eigenvalue weighted by molar-refractivity contribution is 0.0526. The molecule has 0 radical (unpaired) electrons. The minimum atomic E-state index is -0.469. The number of carbonyl (C=O) groups excluding carboxylic acids is 1. The van der Waals surface area contributed by atoms with E-state index < -0.39 is 5.97 Å². The number of esters is 1. The first-order chi connectivity index (χ1) is 10.1. The number of benzene rings is 1. The summed E-state index contributed by atoms with van der Waals surface area (Å²) >= 11 is 0. The molecule has 0 aliphatic carbocycles. The lowest BCUT2D eigenvalue weighted by Gasteiger charge is -2.02. The van der Waals surface area contributed by atoms with E-state index in [1.165, 1.54) is 18.3 Å². The molecule has 7 heteroatoms. The summed E-state index contributed by atoms with van der Waals surface area (Å²) < 4.78 is 17.7. The molecule has 21 heavy (non-hydrogen) atoms. The monoisotopic (exact) mass is 290 g/mol. The van der Waals surface area contributed by atoms with Crippen molar-refractivity contribution in [2.24, 2.45) is 5.10 Å². The quantitative estimate of drug-likeness (QED) is 0.503. The molecule has 1 aromatic carbocycles. The number of halogens is 1. The number of anilines is 1. The van der Waals surface area contributed by atoms with Crippen LogP contribution in [0.4, 0.5) is 10.2 Å². The van der Waals surface area contributed by atoms with E-state index in [0.29, 0.717) is 16.8 Å². The summed E-state index contributed by atoms with van der Waals surface area (Å²) in [6.45, 7) is 3.73. The average Bonchev–Trinajstić information content (AvgIpc) is 2.82. The SMILES string of the molecule is CCOC(=O)c1c(N/N=C/c2ccc(F)cc2)n[nH]c1C. The van der Waals surface area contributed by atoms with Gasteiger partial charge in [-0.3, -0.25) is 10.5 Å². The third kappa shape index (κ3) is 3.65. The fourth-order valence-corrected chi connectivity index (χ4v) is 1.68. The van der Waals surface area contributed by atoms with Gasteiger partial charge in [0.2, 0.25) is 0 Å². The van der Waals surface area contributed by atoms with Crippen molar-refractivity contribution in [2.75, 3.05) is 12.0 Å². The van der Waals surface area contributed by atoms with E-state index in [1.54, 1.807) is 26.0 Å². The highest BCUT2D eigenvalue weighted by Gasteiger charge is 2.18. The molecule has 2 rings (SSSR count). The first kappa shape index (κ1) is 14.7. The second-order valence-corrected chi connectivity index (χ2v) is 4.21. The van der Waals surface area contributed by atoms with Crippen molar-refractivity contribution in [3.63, 3.8) is 0 Å². The first-order valence-corrected chi connectivity index (χ1v) is 6.38. The third-order valence-corrected chi connectivity index (χ3v) is 2.68. The number of aromatic nitrogens is 2. The van der Waals surface area contributed by atoms with E-state index in [2.05, 4.69) is 20.7 Å². The lowest BCUT2D eigenvalue weighted by Crippen LogP contribution is -2.08. The molecule has 0 aliphatic heterocycles. The van der Waals surface area contributed by atoms with Crippen molar-refractivity contribution in [1.82, 2.24) is 10.2 Å². The van der Waals surface area contributed by atoms with E-state index in [4.69, 9.17) is 4.74 Å². The summed E-state index contributed by atoms with van der Waals surface area (Å²) in [5, 5.41) is 10.6. The number of hydrazone groups is 1. The Bertz CT molecular complexity index is 649. The Morgan fingerprint density at radius 2 is 2.19 bits per heavy atom. The van der Waals surface area contributed by atoms with Crippen molar-refractivity contribution in [3.05, 3.63) is 46.9 Å². The summed E-state index contributed by atoms with van der Waals surface area (Å²) in [5.41, 5.74) is 4.29. The molecular formula is C14H15FN4O2. The van der Waals surface area contributed by atoms with Gasteiger partial charge in [-0.25, -0.2) is 9.18 Å². The number of rotatable bonds is 5. The van der Waals surface area contributed by atoms with Crippen LogP contribution in [0.2, 0.25) is 0 Å². The van der Waals surface area contributed by atoms with Gasteiger partial charge in [0.15, 0.2) is 5.82 Å². The van der Waals surface area contributed by atoms with Crippen LogP contribution in [0.5, 0.6) is 0 Å². The lowest BCUT2D eigenvalue weighted by atomic mass is 10.2. The fourth-order valence-electron chi connectivity index (χ4n) is 1.68. The first-order valence-electron chi connectivity index (χ1n) is 6.38. The Labute approximate surface area is 121 Å². The van der Waals surface area contributed by atoms with Crippen molar-refractivity contribution in [3.8, 4) is 0 Å². The van der Waals surface area contributed by atoms with E-state index in [-0.39, 0.29) is 18.2 Å². The third-order valence-electron chi connectivity index (χ3n) is 2.68. The normalized spacial score (nSPS) is 10.8. The smallest absolute Gasteiger partial charge is 0.343 e. The molecule has 110 valence electrons. The maximum atomic E-state index is 12.8. The Hall–Kier alpha value is -2.70. The highest BCUT2D eigenvalue weighted by molar-refractivity contribution is 5.96. The standard InChI is InChI=1S/C14H15FN4O2/c1-3-21-14(20)12-9(2)17-19-13(12)18-16-8-10-4-6-11(15)7-5-10/h4-8H,3H2,1-2H3,(H2,17,18,19)/b16-8+. The molecule has 1 heterocycles. The zero-order chi connectivity index (χ0) is 15.2. The number of hydrogen-bond donors (Lipinski definition) is 2. The van der Waals surface area contributed by atoms with E-state index in [1.807, 2.05) is 0 Å². The molecule has 6 nitrogen and oxygen atoms in total. The van der Waals surface area contributed by atoms with Gasteiger partial charge in [-0.2, -0.15) is 10.2 Å². The number of nitrogens with zero attached hydrogens (tertiary/aromatic N) is 2. The minimum Gasteiger partial charge on any atom is -0.462 e. The molecule has 0 amide bonds. The number of ether oxygens (including phenoxy) is 1. The van der Waals surface area contributed by atoms with Gasteiger partial charge in [0.05, 0.1) is 12.8 Å². The average molecular weight is 290 g/mol. The Morgan fingerprint density at radius 1 is 1.48 bits per heavy atom. The van der Waals surface area contributed by atoms with Crippen LogP contribution in [0.3, 0.4) is 0 Å². The second kappa shape index (κ2) is 6.65. The van der Waals surface area contributed by atoms with Gasteiger partial charge >= 0.3 is 5.97 Å². The molecule has 0 saturated carbocycles. The van der Waals surface area contributed by atoms with Gasteiger partial charge in [0, 0.05) is 5.69 Å². The molecule has 1 aromatic heterocycles. The van der Waals surface area contributed by atoms with Crippen LogP contribution < -0.4 is 5.43 Å². The summed E-state index contributed by atoms with van der Waals surface area (Å²) in [5.74, 6) is -0.500. The Kier molecular flexibility index (Phi) is 4.65. The highest BCUT2D eigenvalue weighted by Crippen LogP contribution is 2.17. The van der Waals surface area contributed by atoms with Crippen LogP contribution in [0.25, 0.3) is 0 Å². The van der Waals surface area contributed by atoms with Gasteiger partial charge in [-0.1, -0.05) is 12.1 Å². The summed E-state index contributed by atoms with van der Waals surface area (Å²) in [6, 6.07) is 5.85. The second-order valence-electron chi connectivity index (χ2n) is 4.21. The largest absolute Gasteiger partial charge is 0.462 e. The number of hydrogen-bond acceptors (Lipinski definition) is 5. The van der Waals surface area contributed by atoms with Crippen LogP contribution in [-0.4, -0.2) is 29.0 Å². The number of aromatic amines is 1. The molecule has 0 unspecified atom stereocenters. The zero-order valence-electron chi connectivity index (χ0n) is 11.7. The number of aryl methyl sites for hydroxylation is 1. The molecule has 0 saturated heterocycles. The number of carbonyl (C=O) groups is 1. The van der Waals surface area contributed by atoms with Crippen LogP contribution in [-0.2, 0) is 4.74 Å². The van der Waals surface area contributed by atoms with Crippen LogP contribution in [0.1, 0.15) is 28.5 Å². The van der Waals surface area contributed by atoms with Gasteiger partial charge in [0.25, 0.3) is 0 Å². The zero-order valence-corrected chi connectivity index (χ0v) is 11.7. The molecule has 0 fully saturated rings. The number of nitrogens with one attached hydrogen (secondary N) is 2. The molecule has 2 aromatic rings. The van der Waals surface area contributed by atoms with E-state index in [0.717, 1.165) is 0 Å². The molecule has 0 spiro atoms. The minimum absolute atomic E-state index is 0.280. The van der Waals surface area contributed by atoms with Gasteiger partial charge in [-0.15, -0.1) is 0 Å². The summed E-state index contributed by atoms with van der Waals surface area (Å²) in [6.07, 6.45) is 1.50. The van der Waals surface area contributed by atoms with Crippen molar-refractivity contribution in [1.29, 1.82) is 0 Å². The van der Waals surface area contributed by atoms with Crippen molar-refractivity contribution in [2.45, 2.75) is 13.8 Å². The maximum Gasteiger partial charge on any atom is 0.343 e. The number of H-pyrrole nitrogens is 1. The Balaban J connectivity index is 2.10. The maximum absolute atomic E-state index is 12.8. The molecule has 0 bridgehead atoms. The van der Waals surface area contributed by atoms with E-state index >= 15 is 0 Å². The van der Waals surface area contributed by atoms with Gasteiger partial charge in [-0.05, 0) is 31.5 Å². The van der Waals surface area contributed by atoms with Crippen LogP contribution in [0, 0.1) is 12.7 Å². The summed E-state index contributed by atoms with van der Waals surface area (Å²) in [7, 11) is 0. The predicted molar refractivity (Wildman–Crippen MR) is 76.9 cm³/mol. The van der Waals surface area contributed by atoms with Crippen molar-refractivity contribution < 1.29 is 13.9 Å². The van der Waals surface area contributed by atoms with Gasteiger partial charge < -0.3 is 4.74 Å². The molecule has 0 aliphatic rings. The molecule has 0 atom stereocenters. The van der Waals surface area contributed by atoms with Crippen molar-refractivity contribution >= 4 is 18.0 Å². The Morgan fingerprint density at radius 3 is 2.86 bits per heavy atom. The van der Waals surface area contributed by atoms with Crippen LogP contribution >= 0.6 is 0 Å². The predicted octanol–water partition coefficient (Wildman–Crippen LogP) is 2.48. The fraction of sp³-hybridized carbons (Fsp3) is 0.214. The molecule has 2 N–H and O–H groups in total. The topological polar surface area (TPSA) is 79.4 Å². The molecular weight excluding hydrogens is 275 g/mol. The summed E-state index contributed by atoms with van der Waals surface area (Å²) in [4.78, 5) is 11.8. The van der Waals surface area contributed by atoms with Crippen LogP contribution in [0.15, 0.2) is 29.4 Å².